The number of nitrogens with one attached hydrogen (secondary N) is 1. The molecule has 2 aliphatic carbocycles. The highest BCUT2D eigenvalue weighted by Crippen LogP contribution is 2.55. The van der Waals surface area contributed by atoms with Crippen molar-refractivity contribution in [2.45, 2.75) is 43.2 Å². The van der Waals surface area contributed by atoms with E-state index in [1.807, 2.05) is 18.2 Å². The zero-order valence-electron chi connectivity index (χ0n) is 16.5. The van der Waals surface area contributed by atoms with Gasteiger partial charge in [-0.05, 0) is 50.3 Å². The Hall–Kier alpha value is -3.33. The van der Waals surface area contributed by atoms with Crippen molar-refractivity contribution < 1.29 is 5.11 Å². The first-order valence-electron chi connectivity index (χ1n) is 10.1. The molecule has 0 saturated heterocycles. The van der Waals surface area contributed by atoms with Crippen molar-refractivity contribution in [2.24, 2.45) is 7.05 Å². The van der Waals surface area contributed by atoms with Gasteiger partial charge in [0.05, 0.1) is 28.4 Å². The molecule has 152 valence electrons. The molecule has 0 unspecified atom stereocenters. The molecule has 0 aliphatic heterocycles. The predicted octanol–water partition coefficient (Wildman–Crippen LogP) is 2.22. The normalized spacial score (nSPS) is 25.4. The number of imidazole rings is 1. The molecule has 9 heteroatoms. The second-order valence-electron chi connectivity index (χ2n) is 8.59. The zero-order valence-corrected chi connectivity index (χ0v) is 16.5. The van der Waals surface area contributed by atoms with E-state index in [-0.39, 0.29) is 11.2 Å². The number of hydrogen-bond acceptors (Lipinski definition) is 7. The molecule has 4 aromatic rings. The van der Waals surface area contributed by atoms with Gasteiger partial charge in [-0.2, -0.15) is 4.98 Å². The molecule has 2 aliphatic rings. The molecule has 3 heterocycles. The molecular formula is C21H21N7O2. The molecule has 3 aromatic heterocycles. The summed E-state index contributed by atoms with van der Waals surface area (Å²) in [6.45, 7) is 0. The summed E-state index contributed by atoms with van der Waals surface area (Å²) in [5.41, 5.74) is 2.54. The van der Waals surface area contributed by atoms with Crippen LogP contribution in [0.2, 0.25) is 0 Å². The van der Waals surface area contributed by atoms with Gasteiger partial charge in [-0.25, -0.2) is 9.78 Å². The minimum Gasteiger partial charge on any atom is -0.390 e. The van der Waals surface area contributed by atoms with Crippen molar-refractivity contribution in [3.63, 3.8) is 0 Å². The third-order valence-electron chi connectivity index (χ3n) is 6.77. The van der Waals surface area contributed by atoms with Crippen molar-refractivity contribution in [3.05, 3.63) is 47.3 Å². The summed E-state index contributed by atoms with van der Waals surface area (Å²) >= 11 is 0. The summed E-state index contributed by atoms with van der Waals surface area (Å²) in [5.74, 6) is 0.410. The highest BCUT2D eigenvalue weighted by Gasteiger charge is 2.55. The first-order chi connectivity index (χ1) is 14.5. The summed E-state index contributed by atoms with van der Waals surface area (Å²) < 4.78 is 3.39. The number of aryl methyl sites for hydroxylation is 1. The molecule has 30 heavy (non-hydrogen) atoms. The van der Waals surface area contributed by atoms with Crippen LogP contribution in [0.15, 0.2) is 41.6 Å². The van der Waals surface area contributed by atoms with Crippen LogP contribution in [0.3, 0.4) is 0 Å². The summed E-state index contributed by atoms with van der Waals surface area (Å²) in [7, 11) is 1.74. The second kappa shape index (κ2) is 5.85. The smallest absolute Gasteiger partial charge is 0.330 e. The van der Waals surface area contributed by atoms with Crippen LogP contribution in [0.4, 0.5) is 11.6 Å². The summed E-state index contributed by atoms with van der Waals surface area (Å²) in [5, 5.41) is 13.9. The number of hydrogen-bond donors (Lipinski definition) is 2. The maximum Gasteiger partial charge on any atom is 0.330 e. The molecule has 2 saturated carbocycles. The van der Waals surface area contributed by atoms with Crippen molar-refractivity contribution in [1.82, 2.24) is 29.1 Å². The van der Waals surface area contributed by atoms with Crippen LogP contribution in [0.25, 0.3) is 22.2 Å². The van der Waals surface area contributed by atoms with E-state index in [1.54, 1.807) is 34.8 Å². The molecular weight excluding hydrogens is 382 g/mol. The summed E-state index contributed by atoms with van der Waals surface area (Å²) in [6, 6.07) is 5.68. The van der Waals surface area contributed by atoms with Crippen LogP contribution in [-0.2, 0) is 12.6 Å². The van der Waals surface area contributed by atoms with Gasteiger partial charge >= 0.3 is 5.69 Å². The van der Waals surface area contributed by atoms with Gasteiger partial charge in [-0.3, -0.25) is 19.1 Å². The number of rotatable bonds is 3. The quantitative estimate of drug-likeness (QED) is 0.540. The molecule has 2 N–H and O–H groups in total. The standard InChI is InChI=1S/C21H21N7O2/c1-27-16-11-24-18(25-13-2-3-14-15(10-13)23-9-8-22-14)26-17(16)28(19(27)29)20-4-6-21(30,12-20)7-5-20/h2-3,8-11,30H,4-7,12H2,1H3,(H,24,25,26). The number of fused-ring (bicyclic) bond motifs is 4. The molecule has 6 rings (SSSR count). The van der Waals surface area contributed by atoms with Gasteiger partial charge in [0.15, 0.2) is 5.65 Å². The molecule has 0 atom stereocenters. The Kier molecular flexibility index (Phi) is 3.42. The van der Waals surface area contributed by atoms with E-state index >= 15 is 0 Å². The average molecular weight is 403 g/mol. The van der Waals surface area contributed by atoms with E-state index in [9.17, 15) is 9.90 Å². The Morgan fingerprint density at radius 1 is 1.07 bits per heavy atom. The first kappa shape index (κ1) is 17.5. The summed E-state index contributed by atoms with van der Waals surface area (Å²) in [6.07, 6.45) is 8.63. The SMILES string of the molecule is Cn1c(=O)n(C23CCC(O)(CC2)C3)c2nc(Nc3ccc4nccnc4c3)ncc21. The van der Waals surface area contributed by atoms with Crippen LogP contribution in [-0.4, -0.2) is 39.8 Å². The van der Waals surface area contributed by atoms with Crippen molar-refractivity contribution in [3.8, 4) is 0 Å². The zero-order chi connectivity index (χ0) is 20.5. The minimum atomic E-state index is -0.651. The van der Waals surface area contributed by atoms with Crippen LogP contribution in [0, 0.1) is 0 Å². The van der Waals surface area contributed by atoms with E-state index in [4.69, 9.17) is 4.98 Å². The highest BCUT2D eigenvalue weighted by atomic mass is 16.3. The third-order valence-corrected chi connectivity index (χ3v) is 6.77. The molecule has 2 bridgehead atoms. The lowest BCUT2D eigenvalue weighted by Crippen LogP contribution is -2.38. The predicted molar refractivity (Wildman–Crippen MR) is 112 cm³/mol. The maximum absolute atomic E-state index is 13.1. The molecule has 9 nitrogen and oxygen atoms in total. The summed E-state index contributed by atoms with van der Waals surface area (Å²) in [4.78, 5) is 30.9. The van der Waals surface area contributed by atoms with Gasteiger partial charge in [0.2, 0.25) is 5.95 Å². The lowest BCUT2D eigenvalue weighted by Gasteiger charge is -2.27. The van der Waals surface area contributed by atoms with E-state index in [0.717, 1.165) is 42.4 Å². The van der Waals surface area contributed by atoms with Gasteiger partial charge in [0.25, 0.3) is 0 Å². The Bertz CT molecular complexity index is 1370. The lowest BCUT2D eigenvalue weighted by molar-refractivity contribution is 0.0521. The number of aliphatic hydroxyl groups is 1. The molecule has 0 spiro atoms. The number of benzene rings is 1. The van der Waals surface area contributed by atoms with Crippen molar-refractivity contribution >= 4 is 33.8 Å². The fourth-order valence-electron chi connectivity index (χ4n) is 5.22. The minimum absolute atomic E-state index is 0.108. The molecule has 2 fully saturated rings. The van der Waals surface area contributed by atoms with E-state index in [0.29, 0.717) is 23.5 Å². The Morgan fingerprint density at radius 2 is 1.83 bits per heavy atom. The molecule has 0 radical (unpaired) electrons. The van der Waals surface area contributed by atoms with Gasteiger partial charge in [0, 0.05) is 25.1 Å². The fraction of sp³-hybridized carbons (Fsp3) is 0.381. The number of anilines is 2. The van der Waals surface area contributed by atoms with Gasteiger partial charge in [0.1, 0.15) is 5.52 Å². The highest BCUT2D eigenvalue weighted by molar-refractivity contribution is 5.79. The Balaban J connectivity index is 1.45. The third kappa shape index (κ3) is 2.41. The van der Waals surface area contributed by atoms with E-state index < -0.39 is 5.60 Å². The number of nitrogens with zero attached hydrogens (tertiary/aromatic N) is 6. The Morgan fingerprint density at radius 3 is 2.57 bits per heavy atom. The monoisotopic (exact) mass is 403 g/mol. The van der Waals surface area contributed by atoms with Crippen LogP contribution in [0.1, 0.15) is 32.1 Å². The van der Waals surface area contributed by atoms with Gasteiger partial charge in [-0.15, -0.1) is 0 Å². The van der Waals surface area contributed by atoms with Crippen LogP contribution >= 0.6 is 0 Å². The van der Waals surface area contributed by atoms with Gasteiger partial charge < -0.3 is 10.4 Å². The van der Waals surface area contributed by atoms with Gasteiger partial charge in [-0.1, -0.05) is 0 Å². The maximum atomic E-state index is 13.1. The fourth-order valence-corrected chi connectivity index (χ4v) is 5.22. The van der Waals surface area contributed by atoms with E-state index in [1.165, 1.54) is 0 Å². The largest absolute Gasteiger partial charge is 0.390 e. The number of aromatic nitrogens is 6. The molecule has 0 amide bonds. The van der Waals surface area contributed by atoms with Crippen molar-refractivity contribution in [1.29, 1.82) is 0 Å². The van der Waals surface area contributed by atoms with Crippen LogP contribution in [0.5, 0.6) is 0 Å². The molecule has 1 aromatic carbocycles. The lowest BCUT2D eigenvalue weighted by atomic mass is 9.92. The topological polar surface area (TPSA) is 111 Å². The van der Waals surface area contributed by atoms with Crippen LogP contribution < -0.4 is 11.0 Å². The Labute approximate surface area is 171 Å². The second-order valence-corrected chi connectivity index (χ2v) is 8.59. The van der Waals surface area contributed by atoms with E-state index in [2.05, 4.69) is 20.3 Å². The van der Waals surface area contributed by atoms with Crippen molar-refractivity contribution in [2.75, 3.05) is 5.32 Å². The first-order valence-corrected chi connectivity index (χ1v) is 10.1. The average Bonchev–Trinajstić information content (AvgIpc) is 3.35.